The third-order valence-corrected chi connectivity index (χ3v) is 6.46. The van der Waals surface area contributed by atoms with Crippen molar-refractivity contribution in [3.05, 3.63) is 84.5 Å². The van der Waals surface area contributed by atoms with Crippen molar-refractivity contribution >= 4 is 22.2 Å². The van der Waals surface area contributed by atoms with Gasteiger partial charge < -0.3 is 19.4 Å². The molecule has 0 saturated heterocycles. The molecule has 35 heavy (non-hydrogen) atoms. The van der Waals surface area contributed by atoms with Gasteiger partial charge in [0, 0.05) is 78.2 Å². The van der Waals surface area contributed by atoms with Crippen LogP contribution in [0.3, 0.4) is 0 Å². The topological polar surface area (TPSA) is 67.2 Å². The molecule has 1 aromatic carbocycles. The summed E-state index contributed by atoms with van der Waals surface area (Å²) in [7, 11) is 0. The first-order chi connectivity index (χ1) is 17.1. The van der Waals surface area contributed by atoms with E-state index in [1.807, 2.05) is 31.5 Å². The molecule has 0 fully saturated rings. The van der Waals surface area contributed by atoms with Crippen LogP contribution in [0, 0.1) is 5.82 Å². The van der Waals surface area contributed by atoms with Crippen LogP contribution in [-0.4, -0.2) is 39.1 Å². The average Bonchev–Trinajstić information content (AvgIpc) is 3.49. The fourth-order valence-electron chi connectivity index (χ4n) is 4.55. The second-order valence-electron chi connectivity index (χ2n) is 8.83. The number of anilines is 1. The zero-order valence-corrected chi connectivity index (χ0v) is 20.1. The number of para-hydroxylation sites is 1. The second kappa shape index (κ2) is 10.3. The summed E-state index contributed by atoms with van der Waals surface area (Å²) in [6, 6.07) is 11.9. The van der Waals surface area contributed by atoms with Crippen LogP contribution in [0.1, 0.15) is 37.4 Å². The van der Waals surface area contributed by atoms with Crippen molar-refractivity contribution in [1.82, 2.24) is 19.4 Å². The van der Waals surface area contributed by atoms with Crippen molar-refractivity contribution < 1.29 is 9.13 Å². The van der Waals surface area contributed by atoms with Gasteiger partial charge in [0.15, 0.2) is 5.65 Å². The van der Waals surface area contributed by atoms with E-state index in [4.69, 9.17) is 9.72 Å². The number of fused-ring (bicyclic) bond motifs is 2. The molecule has 5 aromatic rings. The predicted octanol–water partition coefficient (Wildman–Crippen LogP) is 6.20. The molecule has 180 valence electrons. The Morgan fingerprint density at radius 2 is 2.03 bits per heavy atom. The monoisotopic (exact) mass is 471 g/mol. The van der Waals surface area contributed by atoms with E-state index in [1.54, 1.807) is 6.20 Å². The van der Waals surface area contributed by atoms with Gasteiger partial charge in [-0.3, -0.25) is 4.98 Å². The summed E-state index contributed by atoms with van der Waals surface area (Å²) in [5, 5.41) is 4.82. The maximum atomic E-state index is 14.0. The van der Waals surface area contributed by atoms with Crippen molar-refractivity contribution in [2.75, 3.05) is 25.1 Å². The van der Waals surface area contributed by atoms with Crippen molar-refractivity contribution in [2.24, 2.45) is 0 Å². The lowest BCUT2D eigenvalue weighted by Gasteiger charge is -2.15. The molecular weight excluding hydrogens is 441 g/mol. The summed E-state index contributed by atoms with van der Waals surface area (Å²) >= 11 is 0. The molecule has 4 heterocycles. The quantitative estimate of drug-likeness (QED) is 0.238. The first kappa shape index (κ1) is 23.1. The number of halogens is 1. The summed E-state index contributed by atoms with van der Waals surface area (Å²) in [4.78, 5) is 12.1. The minimum Gasteiger partial charge on any atom is -0.382 e. The summed E-state index contributed by atoms with van der Waals surface area (Å²) in [6.07, 6.45) is 10.7. The third kappa shape index (κ3) is 4.91. The Kier molecular flexibility index (Phi) is 6.77. The van der Waals surface area contributed by atoms with Crippen LogP contribution in [0.25, 0.3) is 27.7 Å². The van der Waals surface area contributed by atoms with E-state index in [2.05, 4.69) is 51.0 Å². The SMILES string of the molecule is CCOCCC(C)c1cnc2c(NCCc3c[nH]c4ccccc34)cc(-c3cncc(F)c3)cn12. The largest absolute Gasteiger partial charge is 0.382 e. The van der Waals surface area contributed by atoms with Crippen LogP contribution in [0.2, 0.25) is 0 Å². The Bertz CT molecular complexity index is 1440. The molecule has 0 spiro atoms. The van der Waals surface area contributed by atoms with Crippen molar-refractivity contribution in [3.63, 3.8) is 0 Å². The van der Waals surface area contributed by atoms with Crippen LogP contribution < -0.4 is 5.32 Å². The lowest BCUT2D eigenvalue weighted by Crippen LogP contribution is -2.08. The number of pyridine rings is 2. The van der Waals surface area contributed by atoms with Gasteiger partial charge in [-0.2, -0.15) is 0 Å². The summed E-state index contributed by atoms with van der Waals surface area (Å²) < 4.78 is 21.6. The van der Waals surface area contributed by atoms with Crippen molar-refractivity contribution in [2.45, 2.75) is 32.6 Å². The van der Waals surface area contributed by atoms with Gasteiger partial charge in [0.2, 0.25) is 0 Å². The van der Waals surface area contributed by atoms with E-state index in [1.165, 1.54) is 23.2 Å². The second-order valence-corrected chi connectivity index (χ2v) is 8.83. The van der Waals surface area contributed by atoms with Crippen LogP contribution in [0.5, 0.6) is 0 Å². The van der Waals surface area contributed by atoms with E-state index < -0.39 is 0 Å². The highest BCUT2D eigenvalue weighted by molar-refractivity contribution is 5.83. The number of benzene rings is 1. The molecule has 6 nitrogen and oxygen atoms in total. The molecule has 0 saturated carbocycles. The molecule has 4 aromatic heterocycles. The van der Waals surface area contributed by atoms with Crippen molar-refractivity contribution in [3.8, 4) is 11.1 Å². The van der Waals surface area contributed by atoms with Gasteiger partial charge in [-0.15, -0.1) is 0 Å². The molecule has 0 aliphatic carbocycles. The first-order valence-electron chi connectivity index (χ1n) is 12.1. The zero-order valence-electron chi connectivity index (χ0n) is 20.1. The Hall–Kier alpha value is -3.71. The highest BCUT2D eigenvalue weighted by Crippen LogP contribution is 2.30. The number of imidazole rings is 1. The van der Waals surface area contributed by atoms with Gasteiger partial charge >= 0.3 is 0 Å². The van der Waals surface area contributed by atoms with Gasteiger partial charge in [0.05, 0.1) is 11.9 Å². The van der Waals surface area contributed by atoms with Crippen LogP contribution in [-0.2, 0) is 11.2 Å². The number of hydrogen-bond acceptors (Lipinski definition) is 4. The molecule has 0 radical (unpaired) electrons. The standard InChI is InChI=1S/C28H30FN5O/c1-3-35-11-9-19(2)27-17-33-28-26(13-22(18-34(27)28)21-12-23(29)16-30-14-21)31-10-8-20-15-32-25-7-5-4-6-24(20)25/h4-7,12-19,31-32H,3,8-11H2,1-2H3. The number of rotatable bonds is 10. The van der Waals surface area contributed by atoms with Gasteiger partial charge in [0.25, 0.3) is 0 Å². The Labute approximate surface area is 204 Å². The molecule has 7 heteroatoms. The Balaban J connectivity index is 1.46. The smallest absolute Gasteiger partial charge is 0.160 e. The molecule has 1 atom stereocenters. The minimum absolute atomic E-state index is 0.261. The number of hydrogen-bond donors (Lipinski definition) is 2. The van der Waals surface area contributed by atoms with Gasteiger partial charge in [-0.05, 0) is 43.5 Å². The van der Waals surface area contributed by atoms with Crippen LogP contribution >= 0.6 is 0 Å². The fraction of sp³-hybridized carbons (Fsp3) is 0.286. The van der Waals surface area contributed by atoms with Crippen molar-refractivity contribution in [1.29, 1.82) is 0 Å². The van der Waals surface area contributed by atoms with Gasteiger partial charge in [-0.25, -0.2) is 9.37 Å². The van der Waals surface area contributed by atoms with Gasteiger partial charge in [-0.1, -0.05) is 25.1 Å². The predicted molar refractivity (Wildman–Crippen MR) is 138 cm³/mol. The minimum atomic E-state index is -0.354. The van der Waals surface area contributed by atoms with Crippen LogP contribution in [0.15, 0.2) is 67.4 Å². The van der Waals surface area contributed by atoms with E-state index in [-0.39, 0.29) is 11.7 Å². The number of nitrogens with one attached hydrogen (secondary N) is 2. The van der Waals surface area contributed by atoms with E-state index in [9.17, 15) is 4.39 Å². The lowest BCUT2D eigenvalue weighted by atomic mass is 10.0. The normalized spacial score (nSPS) is 12.4. The number of aromatic nitrogens is 4. The highest BCUT2D eigenvalue weighted by atomic mass is 19.1. The maximum absolute atomic E-state index is 14.0. The molecule has 1 unspecified atom stereocenters. The average molecular weight is 472 g/mol. The molecule has 0 aliphatic rings. The zero-order chi connectivity index (χ0) is 24.2. The molecular formula is C28H30FN5O. The third-order valence-electron chi connectivity index (χ3n) is 6.46. The van der Waals surface area contributed by atoms with Gasteiger partial charge in [0.1, 0.15) is 5.82 Å². The molecule has 2 N–H and O–H groups in total. The Morgan fingerprint density at radius 1 is 1.14 bits per heavy atom. The number of nitrogens with zero attached hydrogens (tertiary/aromatic N) is 3. The van der Waals surface area contributed by atoms with Crippen LogP contribution in [0.4, 0.5) is 10.1 Å². The van der Waals surface area contributed by atoms with E-state index >= 15 is 0 Å². The van der Waals surface area contributed by atoms with E-state index in [0.29, 0.717) is 13.2 Å². The first-order valence-corrected chi connectivity index (χ1v) is 12.1. The molecule has 5 rings (SSSR count). The summed E-state index contributed by atoms with van der Waals surface area (Å²) in [5.74, 6) is -0.0936. The highest BCUT2D eigenvalue weighted by Gasteiger charge is 2.16. The summed E-state index contributed by atoms with van der Waals surface area (Å²) in [5.41, 5.74) is 6.90. The maximum Gasteiger partial charge on any atom is 0.160 e. The summed E-state index contributed by atoms with van der Waals surface area (Å²) in [6.45, 7) is 6.34. The Morgan fingerprint density at radius 3 is 2.89 bits per heavy atom. The lowest BCUT2D eigenvalue weighted by molar-refractivity contribution is 0.140. The number of H-pyrrole nitrogens is 1. The molecule has 0 amide bonds. The fourth-order valence-corrected chi connectivity index (χ4v) is 4.55. The molecule has 0 bridgehead atoms. The number of aromatic amines is 1. The number of ether oxygens (including phenoxy) is 1. The molecule has 0 aliphatic heterocycles. The van der Waals surface area contributed by atoms with E-state index in [0.717, 1.165) is 53.1 Å².